The Kier molecular flexibility index (Phi) is 4.84. The third-order valence-electron chi connectivity index (χ3n) is 6.56. The number of benzene rings is 1. The zero-order chi connectivity index (χ0) is 22.6. The summed E-state index contributed by atoms with van der Waals surface area (Å²) in [7, 11) is -2.23. The van der Waals surface area contributed by atoms with E-state index >= 15 is 0 Å². The molecule has 0 unspecified atom stereocenters. The average Bonchev–Trinajstić information content (AvgIpc) is 2.95. The molecule has 0 spiro atoms. The summed E-state index contributed by atoms with van der Waals surface area (Å²) in [6.07, 6.45) is 2.70. The number of rotatable bonds is 6. The highest BCUT2D eigenvalue weighted by molar-refractivity contribution is 7.92. The molecule has 0 saturated heterocycles. The van der Waals surface area contributed by atoms with E-state index in [0.717, 1.165) is 11.3 Å². The van der Waals surface area contributed by atoms with Gasteiger partial charge in [0.2, 0.25) is 11.8 Å². The largest absolute Gasteiger partial charge is 0.439 e. The van der Waals surface area contributed by atoms with Crippen LogP contribution in [0.1, 0.15) is 44.9 Å². The predicted octanol–water partition coefficient (Wildman–Crippen LogP) is 4.26. The van der Waals surface area contributed by atoms with Crippen molar-refractivity contribution in [1.82, 2.24) is 19.7 Å². The van der Waals surface area contributed by atoms with Gasteiger partial charge in [0.05, 0.1) is 11.9 Å². The molecule has 3 aromatic rings. The fourth-order valence-electron chi connectivity index (χ4n) is 4.12. The second-order valence-electron chi connectivity index (χ2n) is 9.15. The van der Waals surface area contributed by atoms with Gasteiger partial charge < -0.3 is 4.74 Å². The molecular weight excluding hydrogens is 414 g/mol. The minimum atomic E-state index is -3.88. The molecule has 2 heterocycles. The number of ether oxygens (including phenoxy) is 1. The number of para-hydroxylation sites is 1. The number of hydrogen-bond donors (Lipinski definition) is 1. The van der Waals surface area contributed by atoms with Crippen molar-refractivity contribution in [2.45, 2.75) is 45.4 Å². The van der Waals surface area contributed by atoms with Gasteiger partial charge >= 0.3 is 0 Å². The first kappa shape index (κ1) is 21.3. The van der Waals surface area contributed by atoms with Crippen molar-refractivity contribution < 1.29 is 13.2 Å². The van der Waals surface area contributed by atoms with Crippen LogP contribution in [0.2, 0.25) is 0 Å². The fraction of sp³-hybridized carbons (Fsp3) is 0.409. The van der Waals surface area contributed by atoms with Crippen molar-refractivity contribution in [3.63, 3.8) is 0 Å². The van der Waals surface area contributed by atoms with Crippen molar-refractivity contribution in [3.05, 3.63) is 54.0 Å². The molecular formula is C22H27N5O3S. The van der Waals surface area contributed by atoms with E-state index in [1.807, 2.05) is 31.2 Å². The number of aromatic nitrogens is 4. The van der Waals surface area contributed by atoms with Crippen molar-refractivity contribution >= 4 is 16.0 Å². The Balaban J connectivity index is 1.74. The highest BCUT2D eigenvalue weighted by Gasteiger charge is 2.66. The lowest BCUT2D eigenvalue weighted by molar-refractivity contribution is 0.457. The number of hydrogen-bond acceptors (Lipinski definition) is 6. The third kappa shape index (κ3) is 3.78. The first-order valence-electron chi connectivity index (χ1n) is 10.1. The zero-order valence-electron chi connectivity index (χ0n) is 18.5. The molecule has 164 valence electrons. The Labute approximate surface area is 182 Å². The monoisotopic (exact) mass is 441 g/mol. The van der Waals surface area contributed by atoms with E-state index in [0.29, 0.717) is 11.6 Å². The lowest BCUT2D eigenvalue weighted by Crippen LogP contribution is -2.15. The lowest BCUT2D eigenvalue weighted by Gasteiger charge is -2.12. The molecule has 1 fully saturated rings. The number of aryl methyl sites for hydroxylation is 2. The minimum Gasteiger partial charge on any atom is -0.439 e. The molecule has 1 aliphatic rings. The van der Waals surface area contributed by atoms with Gasteiger partial charge in [-0.1, -0.05) is 45.9 Å². The van der Waals surface area contributed by atoms with Gasteiger partial charge in [0.1, 0.15) is 10.6 Å². The molecule has 0 atom stereocenters. The van der Waals surface area contributed by atoms with Crippen LogP contribution in [-0.4, -0.2) is 28.2 Å². The average molecular weight is 442 g/mol. The molecule has 9 heteroatoms. The number of nitrogens with zero attached hydrogens (tertiary/aromatic N) is 4. The Bertz CT molecular complexity index is 1230. The van der Waals surface area contributed by atoms with Gasteiger partial charge in [0.15, 0.2) is 0 Å². The second kappa shape index (κ2) is 7.05. The third-order valence-corrected chi connectivity index (χ3v) is 7.85. The first-order valence-corrected chi connectivity index (χ1v) is 11.5. The number of anilines is 1. The maximum Gasteiger partial charge on any atom is 0.267 e. The Morgan fingerprint density at radius 3 is 2.35 bits per heavy atom. The molecule has 8 nitrogen and oxygen atoms in total. The summed E-state index contributed by atoms with van der Waals surface area (Å²) in [6.45, 7) is 10.7. The van der Waals surface area contributed by atoms with Crippen molar-refractivity contribution in [2.75, 3.05) is 4.72 Å². The molecule has 0 bridgehead atoms. The van der Waals surface area contributed by atoms with Crippen LogP contribution in [0.3, 0.4) is 0 Å². The van der Waals surface area contributed by atoms with Crippen LogP contribution < -0.4 is 9.46 Å². The zero-order valence-corrected chi connectivity index (χ0v) is 19.4. The summed E-state index contributed by atoms with van der Waals surface area (Å²) in [4.78, 5) is 8.94. The van der Waals surface area contributed by atoms with E-state index in [1.165, 1.54) is 17.1 Å². The van der Waals surface area contributed by atoms with E-state index in [9.17, 15) is 8.42 Å². The van der Waals surface area contributed by atoms with Gasteiger partial charge in [-0.25, -0.2) is 18.1 Å². The summed E-state index contributed by atoms with van der Waals surface area (Å²) in [5.74, 6) is 1.07. The molecule has 1 saturated carbocycles. The van der Waals surface area contributed by atoms with E-state index in [4.69, 9.17) is 4.74 Å². The summed E-state index contributed by atoms with van der Waals surface area (Å²) in [5, 5.41) is 3.93. The molecule has 0 amide bonds. The molecule has 1 aromatic carbocycles. The smallest absolute Gasteiger partial charge is 0.267 e. The summed E-state index contributed by atoms with van der Waals surface area (Å²) in [6, 6.07) is 9.40. The molecule has 0 aliphatic heterocycles. The number of sulfonamides is 1. The SMILES string of the molecule is Cc1ccccc1Oc1cc(C2C(C)(C)C2(C)C)nc(NS(=O)(=O)c2cnn(C)c2)n1. The van der Waals surface area contributed by atoms with Gasteiger partial charge in [-0.05, 0) is 29.4 Å². The molecule has 1 aliphatic carbocycles. The van der Waals surface area contributed by atoms with Crippen molar-refractivity contribution in [3.8, 4) is 11.6 Å². The van der Waals surface area contributed by atoms with Crippen LogP contribution >= 0.6 is 0 Å². The molecule has 0 radical (unpaired) electrons. The predicted molar refractivity (Wildman–Crippen MR) is 118 cm³/mol. The molecule has 1 N–H and O–H groups in total. The van der Waals surface area contributed by atoms with Gasteiger partial charge in [-0.2, -0.15) is 10.1 Å². The highest BCUT2D eigenvalue weighted by atomic mass is 32.2. The van der Waals surface area contributed by atoms with Gasteiger partial charge in [0, 0.05) is 25.2 Å². The van der Waals surface area contributed by atoms with Crippen LogP contribution in [-0.2, 0) is 17.1 Å². The maximum atomic E-state index is 12.8. The van der Waals surface area contributed by atoms with E-state index in [-0.39, 0.29) is 27.6 Å². The Morgan fingerprint density at radius 2 is 1.77 bits per heavy atom. The fourth-order valence-corrected chi connectivity index (χ4v) is 5.05. The first-order chi connectivity index (χ1) is 14.4. The molecule has 31 heavy (non-hydrogen) atoms. The standard InChI is InChI=1S/C22H27N5O3S/c1-14-9-7-8-10-17(14)30-18-11-16(19-21(2,3)22(19,4)5)24-20(25-18)26-31(28,29)15-12-23-27(6)13-15/h7-13,19H,1-6H3,(H,24,25,26). The van der Waals surface area contributed by atoms with Crippen molar-refractivity contribution in [1.29, 1.82) is 0 Å². The van der Waals surface area contributed by atoms with Crippen molar-refractivity contribution in [2.24, 2.45) is 17.9 Å². The maximum absolute atomic E-state index is 12.8. The van der Waals surface area contributed by atoms with E-state index in [1.54, 1.807) is 13.1 Å². The van der Waals surface area contributed by atoms with Crippen LogP contribution in [0, 0.1) is 17.8 Å². The van der Waals surface area contributed by atoms with Crippen LogP contribution in [0.25, 0.3) is 0 Å². The van der Waals surface area contributed by atoms with E-state index < -0.39 is 10.0 Å². The second-order valence-corrected chi connectivity index (χ2v) is 10.8. The Hall–Kier alpha value is -2.94. The molecule has 4 rings (SSSR count). The van der Waals surface area contributed by atoms with Gasteiger partial charge in [-0.15, -0.1) is 0 Å². The topological polar surface area (TPSA) is 99.0 Å². The lowest BCUT2D eigenvalue weighted by atomic mass is 10.0. The van der Waals surface area contributed by atoms with Crippen LogP contribution in [0.5, 0.6) is 11.6 Å². The summed E-state index contributed by atoms with van der Waals surface area (Å²) < 4.78 is 35.5. The summed E-state index contributed by atoms with van der Waals surface area (Å²) >= 11 is 0. The number of nitrogens with one attached hydrogen (secondary N) is 1. The molecule has 2 aromatic heterocycles. The van der Waals surface area contributed by atoms with Crippen LogP contribution in [0.4, 0.5) is 5.95 Å². The minimum absolute atomic E-state index is 0.0147. The Morgan fingerprint density at radius 1 is 1.10 bits per heavy atom. The quantitative estimate of drug-likeness (QED) is 0.614. The highest BCUT2D eigenvalue weighted by Crippen LogP contribution is 2.73. The van der Waals surface area contributed by atoms with Gasteiger partial charge in [0.25, 0.3) is 10.0 Å². The van der Waals surface area contributed by atoms with Crippen LogP contribution in [0.15, 0.2) is 47.6 Å². The normalized spacial score (nSPS) is 17.4. The summed E-state index contributed by atoms with van der Waals surface area (Å²) in [5.41, 5.74) is 1.73. The van der Waals surface area contributed by atoms with E-state index in [2.05, 4.69) is 47.5 Å². The van der Waals surface area contributed by atoms with Gasteiger partial charge in [-0.3, -0.25) is 4.68 Å².